The van der Waals surface area contributed by atoms with Crippen molar-refractivity contribution in [1.29, 1.82) is 0 Å². The highest BCUT2D eigenvalue weighted by molar-refractivity contribution is 9.10. The molecule has 0 radical (unpaired) electrons. The minimum Gasteiger partial charge on any atom is -0.369 e. The third-order valence-electron chi connectivity index (χ3n) is 4.63. The summed E-state index contributed by atoms with van der Waals surface area (Å²) in [6.07, 6.45) is 6.87. The van der Waals surface area contributed by atoms with Gasteiger partial charge in [-0.15, -0.1) is 0 Å². The first-order valence-corrected chi connectivity index (χ1v) is 9.26. The Hall–Kier alpha value is -0.540. The van der Waals surface area contributed by atoms with Crippen LogP contribution in [0, 0.1) is 0 Å². The Morgan fingerprint density at radius 1 is 1.24 bits per heavy atom. The zero-order valence-corrected chi connectivity index (χ0v) is 15.2. The second-order valence-corrected chi connectivity index (χ2v) is 6.98. The third kappa shape index (κ3) is 4.23. The van der Waals surface area contributed by atoms with Gasteiger partial charge in [0.1, 0.15) is 0 Å². The first kappa shape index (κ1) is 16.8. The van der Waals surface area contributed by atoms with Crippen LogP contribution in [-0.2, 0) is 0 Å². The quantitative estimate of drug-likeness (QED) is 0.749. The van der Waals surface area contributed by atoms with E-state index in [9.17, 15) is 0 Å². The predicted molar refractivity (Wildman–Crippen MR) is 96.1 cm³/mol. The predicted octanol–water partition coefficient (Wildman–Crippen LogP) is 5.28. The fourth-order valence-electron chi connectivity index (χ4n) is 3.57. The van der Waals surface area contributed by atoms with E-state index in [1.807, 2.05) is 0 Å². The molecule has 1 aromatic carbocycles. The standard InChI is InChI=1S/C18H29BrN2/c1-4-20-14(3)17-13-15(19)11-12-18(17)21(5-2)16-9-7-6-8-10-16/h11-14,16,20H,4-10H2,1-3H3. The molecule has 3 heteroatoms. The number of hydrogen-bond donors (Lipinski definition) is 1. The molecule has 0 spiro atoms. The van der Waals surface area contributed by atoms with Crippen LogP contribution in [0.3, 0.4) is 0 Å². The molecule has 2 nitrogen and oxygen atoms in total. The lowest BCUT2D eigenvalue weighted by atomic mass is 9.93. The number of nitrogens with one attached hydrogen (secondary N) is 1. The molecular weight excluding hydrogens is 324 g/mol. The lowest BCUT2D eigenvalue weighted by molar-refractivity contribution is 0.417. The van der Waals surface area contributed by atoms with Crippen molar-refractivity contribution in [1.82, 2.24) is 5.32 Å². The maximum Gasteiger partial charge on any atom is 0.0417 e. The molecule has 0 amide bonds. The van der Waals surface area contributed by atoms with Gasteiger partial charge in [-0.1, -0.05) is 42.1 Å². The molecule has 1 aromatic rings. The summed E-state index contributed by atoms with van der Waals surface area (Å²) in [5, 5.41) is 3.56. The average Bonchev–Trinajstić information content (AvgIpc) is 2.50. The van der Waals surface area contributed by atoms with E-state index >= 15 is 0 Å². The molecule has 1 aliphatic rings. The molecule has 0 aromatic heterocycles. The van der Waals surface area contributed by atoms with Crippen molar-refractivity contribution in [3.8, 4) is 0 Å². The van der Waals surface area contributed by atoms with Crippen LogP contribution in [0.4, 0.5) is 5.69 Å². The van der Waals surface area contributed by atoms with Crippen LogP contribution < -0.4 is 10.2 Å². The molecule has 0 aliphatic heterocycles. The molecule has 1 N–H and O–H groups in total. The maximum atomic E-state index is 3.64. The minimum atomic E-state index is 0.389. The second-order valence-electron chi connectivity index (χ2n) is 6.06. The van der Waals surface area contributed by atoms with Crippen LogP contribution in [0.15, 0.2) is 22.7 Å². The van der Waals surface area contributed by atoms with Gasteiger partial charge in [0.05, 0.1) is 0 Å². The Kier molecular flexibility index (Phi) is 6.56. The van der Waals surface area contributed by atoms with Gasteiger partial charge in [-0.3, -0.25) is 0 Å². The van der Waals surface area contributed by atoms with E-state index in [0.717, 1.165) is 19.1 Å². The summed E-state index contributed by atoms with van der Waals surface area (Å²) >= 11 is 3.64. The first-order valence-electron chi connectivity index (χ1n) is 8.46. The first-order chi connectivity index (χ1) is 10.2. The molecular formula is C18H29BrN2. The van der Waals surface area contributed by atoms with E-state index in [2.05, 4.69) is 65.1 Å². The summed E-state index contributed by atoms with van der Waals surface area (Å²) in [5.41, 5.74) is 2.83. The van der Waals surface area contributed by atoms with Crippen molar-refractivity contribution in [2.75, 3.05) is 18.0 Å². The largest absolute Gasteiger partial charge is 0.369 e. The van der Waals surface area contributed by atoms with E-state index in [-0.39, 0.29) is 0 Å². The van der Waals surface area contributed by atoms with Crippen molar-refractivity contribution < 1.29 is 0 Å². The lowest BCUT2D eigenvalue weighted by Gasteiger charge is -2.37. The summed E-state index contributed by atoms with van der Waals surface area (Å²) in [5.74, 6) is 0. The topological polar surface area (TPSA) is 15.3 Å². The summed E-state index contributed by atoms with van der Waals surface area (Å²) in [4.78, 5) is 2.63. The fraction of sp³-hybridized carbons (Fsp3) is 0.667. The van der Waals surface area contributed by atoms with Gasteiger partial charge in [-0.2, -0.15) is 0 Å². The zero-order valence-electron chi connectivity index (χ0n) is 13.7. The Morgan fingerprint density at radius 2 is 1.95 bits per heavy atom. The highest BCUT2D eigenvalue weighted by atomic mass is 79.9. The Morgan fingerprint density at radius 3 is 2.57 bits per heavy atom. The van der Waals surface area contributed by atoms with Crippen LogP contribution in [0.1, 0.15) is 64.5 Å². The van der Waals surface area contributed by atoms with Gasteiger partial charge in [0.15, 0.2) is 0 Å². The molecule has 21 heavy (non-hydrogen) atoms. The number of nitrogens with zero attached hydrogens (tertiary/aromatic N) is 1. The maximum absolute atomic E-state index is 3.64. The number of benzene rings is 1. The average molecular weight is 353 g/mol. The van der Waals surface area contributed by atoms with Gasteiger partial charge < -0.3 is 10.2 Å². The highest BCUT2D eigenvalue weighted by Crippen LogP contribution is 2.34. The van der Waals surface area contributed by atoms with Crippen molar-refractivity contribution in [2.24, 2.45) is 0 Å². The molecule has 1 aliphatic carbocycles. The molecule has 118 valence electrons. The normalized spacial score (nSPS) is 17.7. The molecule has 2 rings (SSSR count). The van der Waals surface area contributed by atoms with Gasteiger partial charge in [0.2, 0.25) is 0 Å². The minimum absolute atomic E-state index is 0.389. The molecule has 1 atom stereocenters. The van der Waals surface area contributed by atoms with E-state index < -0.39 is 0 Å². The number of hydrogen-bond acceptors (Lipinski definition) is 2. The van der Waals surface area contributed by atoms with E-state index in [0.29, 0.717) is 6.04 Å². The smallest absolute Gasteiger partial charge is 0.0417 e. The van der Waals surface area contributed by atoms with Crippen LogP contribution in [0.2, 0.25) is 0 Å². The monoisotopic (exact) mass is 352 g/mol. The van der Waals surface area contributed by atoms with Gasteiger partial charge in [0, 0.05) is 28.8 Å². The molecule has 0 saturated heterocycles. The molecule has 1 saturated carbocycles. The number of rotatable bonds is 6. The van der Waals surface area contributed by atoms with E-state index in [1.54, 1.807) is 0 Å². The second kappa shape index (κ2) is 8.19. The molecule has 0 bridgehead atoms. The van der Waals surface area contributed by atoms with Crippen molar-refractivity contribution in [3.63, 3.8) is 0 Å². The van der Waals surface area contributed by atoms with E-state index in [1.165, 1.54) is 47.8 Å². The van der Waals surface area contributed by atoms with Crippen LogP contribution in [-0.4, -0.2) is 19.1 Å². The Labute approximate surface area is 138 Å². The SMILES string of the molecule is CCNC(C)c1cc(Br)ccc1N(CC)C1CCCCC1. The zero-order chi connectivity index (χ0) is 15.2. The van der Waals surface area contributed by atoms with Gasteiger partial charge in [-0.25, -0.2) is 0 Å². The highest BCUT2D eigenvalue weighted by Gasteiger charge is 2.23. The number of anilines is 1. The van der Waals surface area contributed by atoms with Crippen LogP contribution >= 0.6 is 15.9 Å². The molecule has 0 heterocycles. The van der Waals surface area contributed by atoms with Crippen molar-refractivity contribution in [3.05, 3.63) is 28.2 Å². The van der Waals surface area contributed by atoms with Crippen molar-refractivity contribution in [2.45, 2.75) is 65.0 Å². The molecule has 1 unspecified atom stereocenters. The Bertz CT molecular complexity index is 441. The van der Waals surface area contributed by atoms with Crippen molar-refractivity contribution >= 4 is 21.6 Å². The third-order valence-corrected chi connectivity index (χ3v) is 5.13. The summed E-state index contributed by atoms with van der Waals surface area (Å²) in [7, 11) is 0. The van der Waals surface area contributed by atoms with Gasteiger partial charge >= 0.3 is 0 Å². The van der Waals surface area contributed by atoms with Gasteiger partial charge in [-0.05, 0) is 57.0 Å². The summed E-state index contributed by atoms with van der Waals surface area (Å²) in [6, 6.07) is 7.88. The van der Waals surface area contributed by atoms with Crippen LogP contribution in [0.5, 0.6) is 0 Å². The summed E-state index contributed by atoms with van der Waals surface area (Å²) < 4.78 is 1.17. The Balaban J connectivity index is 2.30. The van der Waals surface area contributed by atoms with E-state index in [4.69, 9.17) is 0 Å². The summed E-state index contributed by atoms with van der Waals surface area (Å²) in [6.45, 7) is 8.83. The van der Waals surface area contributed by atoms with Gasteiger partial charge in [0.25, 0.3) is 0 Å². The lowest BCUT2D eigenvalue weighted by Crippen LogP contribution is -2.38. The molecule has 1 fully saturated rings. The fourth-order valence-corrected chi connectivity index (χ4v) is 3.95. The van der Waals surface area contributed by atoms with Crippen LogP contribution in [0.25, 0.3) is 0 Å². The number of halogens is 1.